The lowest BCUT2D eigenvalue weighted by atomic mass is 10.1. The molecule has 0 spiro atoms. The number of fused-ring (bicyclic) bond motifs is 1. The summed E-state index contributed by atoms with van der Waals surface area (Å²) >= 11 is 0. The van der Waals surface area contributed by atoms with E-state index in [1.54, 1.807) is 18.2 Å². The molecule has 2 aromatic carbocycles. The normalized spacial score (nSPS) is 14.4. The fraction of sp³-hybridized carbons (Fsp3) is 0.200. The van der Waals surface area contributed by atoms with E-state index in [2.05, 4.69) is 0 Å². The molecule has 0 unspecified atom stereocenters. The number of aryl methyl sites for hydroxylation is 1. The fourth-order valence-electron chi connectivity index (χ4n) is 2.24. The van der Waals surface area contributed by atoms with E-state index in [0.717, 1.165) is 30.5 Å². The molecule has 0 atom stereocenters. The number of sulfone groups is 1. The molecule has 104 valence electrons. The smallest absolute Gasteiger partial charge is 0.206 e. The quantitative estimate of drug-likeness (QED) is 0.799. The van der Waals surface area contributed by atoms with E-state index < -0.39 is 15.7 Å². The number of halogens is 1. The summed E-state index contributed by atoms with van der Waals surface area (Å²) in [5.41, 5.74) is 1.02. The van der Waals surface area contributed by atoms with Gasteiger partial charge in [-0.3, -0.25) is 0 Å². The van der Waals surface area contributed by atoms with E-state index >= 15 is 0 Å². The van der Waals surface area contributed by atoms with Gasteiger partial charge in [0.25, 0.3) is 0 Å². The van der Waals surface area contributed by atoms with Gasteiger partial charge in [0.2, 0.25) is 9.84 Å². The Morgan fingerprint density at radius 2 is 1.70 bits per heavy atom. The van der Waals surface area contributed by atoms with Crippen LogP contribution < -0.4 is 4.74 Å². The second-order valence-electron chi connectivity index (χ2n) is 4.68. The third-order valence-electron chi connectivity index (χ3n) is 3.32. The van der Waals surface area contributed by atoms with Gasteiger partial charge >= 0.3 is 0 Å². The van der Waals surface area contributed by atoms with Crippen LogP contribution in [-0.4, -0.2) is 15.0 Å². The molecule has 0 saturated heterocycles. The Bertz CT molecular complexity index is 736. The second kappa shape index (κ2) is 4.90. The number of rotatable bonds is 2. The van der Waals surface area contributed by atoms with Crippen molar-refractivity contribution in [1.29, 1.82) is 0 Å². The van der Waals surface area contributed by atoms with Gasteiger partial charge in [-0.25, -0.2) is 12.8 Å². The predicted molar refractivity (Wildman–Crippen MR) is 72.1 cm³/mol. The molecule has 0 N–H and O–H groups in total. The first-order valence-corrected chi connectivity index (χ1v) is 7.82. The molecule has 3 rings (SSSR count). The lowest BCUT2D eigenvalue weighted by Gasteiger charge is -2.17. The Morgan fingerprint density at radius 1 is 1.00 bits per heavy atom. The number of hydrogen-bond donors (Lipinski definition) is 0. The molecule has 3 nitrogen and oxygen atoms in total. The zero-order chi connectivity index (χ0) is 14.2. The summed E-state index contributed by atoms with van der Waals surface area (Å²) in [6.07, 6.45) is 1.84. The Morgan fingerprint density at radius 3 is 2.45 bits per heavy atom. The summed E-state index contributed by atoms with van der Waals surface area (Å²) in [5.74, 6) is 0.164. The average Bonchev–Trinajstić information content (AvgIpc) is 2.47. The Labute approximate surface area is 116 Å². The highest BCUT2D eigenvalue weighted by Crippen LogP contribution is 2.30. The van der Waals surface area contributed by atoms with Crippen LogP contribution in [-0.2, 0) is 16.3 Å². The predicted octanol–water partition coefficient (Wildman–Crippen LogP) is 2.98. The van der Waals surface area contributed by atoms with Crippen molar-refractivity contribution >= 4 is 9.84 Å². The topological polar surface area (TPSA) is 43.4 Å². The molecule has 0 saturated carbocycles. The summed E-state index contributed by atoms with van der Waals surface area (Å²) in [7, 11) is -3.64. The maximum atomic E-state index is 12.9. The van der Waals surface area contributed by atoms with E-state index in [0.29, 0.717) is 12.4 Å². The number of hydrogen-bond acceptors (Lipinski definition) is 3. The van der Waals surface area contributed by atoms with Crippen LogP contribution in [0.3, 0.4) is 0 Å². The van der Waals surface area contributed by atoms with Crippen LogP contribution in [0.2, 0.25) is 0 Å². The van der Waals surface area contributed by atoms with Crippen LogP contribution in [0.4, 0.5) is 4.39 Å². The first kappa shape index (κ1) is 13.1. The first-order chi connectivity index (χ1) is 9.57. The third kappa shape index (κ3) is 2.29. The zero-order valence-electron chi connectivity index (χ0n) is 10.7. The highest BCUT2D eigenvalue weighted by Gasteiger charge is 2.20. The van der Waals surface area contributed by atoms with Crippen molar-refractivity contribution in [2.24, 2.45) is 0 Å². The van der Waals surface area contributed by atoms with Gasteiger partial charge in [-0.2, -0.15) is 0 Å². The van der Waals surface area contributed by atoms with E-state index in [4.69, 9.17) is 4.74 Å². The lowest BCUT2D eigenvalue weighted by molar-refractivity contribution is 0.287. The Kier molecular flexibility index (Phi) is 3.22. The van der Waals surface area contributed by atoms with Crippen LogP contribution in [0.25, 0.3) is 0 Å². The van der Waals surface area contributed by atoms with Crippen molar-refractivity contribution in [2.75, 3.05) is 6.61 Å². The van der Waals surface area contributed by atoms with Crippen LogP contribution >= 0.6 is 0 Å². The van der Waals surface area contributed by atoms with E-state index in [9.17, 15) is 12.8 Å². The monoisotopic (exact) mass is 292 g/mol. The van der Waals surface area contributed by atoms with Crippen molar-refractivity contribution in [3.05, 3.63) is 53.8 Å². The highest BCUT2D eigenvalue weighted by atomic mass is 32.2. The minimum Gasteiger partial charge on any atom is -0.493 e. The molecular weight excluding hydrogens is 279 g/mol. The Hall–Kier alpha value is -1.88. The summed E-state index contributed by atoms with van der Waals surface area (Å²) in [6, 6.07) is 9.73. The average molecular weight is 292 g/mol. The molecule has 0 radical (unpaired) electrons. The molecule has 0 fully saturated rings. The fourth-order valence-corrected chi connectivity index (χ4v) is 3.51. The van der Waals surface area contributed by atoms with Gasteiger partial charge in [0, 0.05) is 0 Å². The van der Waals surface area contributed by atoms with Crippen LogP contribution in [0.5, 0.6) is 5.75 Å². The number of benzene rings is 2. The van der Waals surface area contributed by atoms with Crippen LogP contribution in [0, 0.1) is 5.82 Å². The zero-order valence-corrected chi connectivity index (χ0v) is 11.5. The first-order valence-electron chi connectivity index (χ1n) is 6.34. The minimum absolute atomic E-state index is 0.0784. The van der Waals surface area contributed by atoms with Crippen molar-refractivity contribution in [1.82, 2.24) is 0 Å². The van der Waals surface area contributed by atoms with Crippen molar-refractivity contribution in [2.45, 2.75) is 22.6 Å². The summed E-state index contributed by atoms with van der Waals surface area (Å²) < 4.78 is 43.3. The second-order valence-corrected chi connectivity index (χ2v) is 6.63. The van der Waals surface area contributed by atoms with Gasteiger partial charge in [0.15, 0.2) is 0 Å². The van der Waals surface area contributed by atoms with Crippen molar-refractivity contribution < 1.29 is 17.5 Å². The van der Waals surface area contributed by atoms with Gasteiger partial charge in [-0.1, -0.05) is 6.07 Å². The molecule has 1 heterocycles. The molecule has 5 heteroatoms. The molecule has 1 aliphatic rings. The maximum Gasteiger partial charge on any atom is 0.206 e. The SMILES string of the molecule is O=S(=O)(c1ccc(F)cc1)c1ccc2c(c1)OCCC2. The van der Waals surface area contributed by atoms with Crippen molar-refractivity contribution in [3.8, 4) is 5.75 Å². The molecule has 0 aliphatic carbocycles. The highest BCUT2D eigenvalue weighted by molar-refractivity contribution is 7.91. The Balaban J connectivity index is 2.05. The van der Waals surface area contributed by atoms with Crippen molar-refractivity contribution in [3.63, 3.8) is 0 Å². The molecule has 1 aliphatic heterocycles. The maximum absolute atomic E-state index is 12.9. The third-order valence-corrected chi connectivity index (χ3v) is 5.09. The van der Waals surface area contributed by atoms with Gasteiger partial charge in [0.1, 0.15) is 11.6 Å². The van der Waals surface area contributed by atoms with Gasteiger partial charge in [-0.05, 0) is 54.8 Å². The van der Waals surface area contributed by atoms with E-state index in [-0.39, 0.29) is 9.79 Å². The van der Waals surface area contributed by atoms with E-state index in [1.807, 2.05) is 0 Å². The van der Waals surface area contributed by atoms with Crippen LogP contribution in [0.15, 0.2) is 52.3 Å². The summed E-state index contributed by atoms with van der Waals surface area (Å²) in [6.45, 7) is 0.604. The van der Waals surface area contributed by atoms with E-state index in [1.165, 1.54) is 12.1 Å². The molecule has 0 aromatic heterocycles. The lowest BCUT2D eigenvalue weighted by Crippen LogP contribution is -2.10. The molecular formula is C15H13FO3S. The molecule has 20 heavy (non-hydrogen) atoms. The summed E-state index contributed by atoms with van der Waals surface area (Å²) in [4.78, 5) is 0.249. The molecule has 2 aromatic rings. The van der Waals surface area contributed by atoms with Gasteiger partial charge in [-0.15, -0.1) is 0 Å². The minimum atomic E-state index is -3.64. The van der Waals surface area contributed by atoms with Gasteiger partial charge < -0.3 is 4.74 Å². The largest absolute Gasteiger partial charge is 0.493 e. The van der Waals surface area contributed by atoms with Gasteiger partial charge in [0.05, 0.1) is 16.4 Å². The molecule has 0 bridgehead atoms. The summed E-state index contributed by atoms with van der Waals surface area (Å²) in [5, 5.41) is 0. The molecule has 0 amide bonds. The number of ether oxygens (including phenoxy) is 1. The standard InChI is InChI=1S/C15H13FO3S/c16-12-4-7-13(8-5-12)20(17,18)14-6-3-11-2-1-9-19-15(11)10-14/h3-8,10H,1-2,9H2. The van der Waals surface area contributed by atoms with Crippen LogP contribution in [0.1, 0.15) is 12.0 Å².